The van der Waals surface area contributed by atoms with Crippen LogP contribution in [0.2, 0.25) is 0 Å². The molecule has 0 radical (unpaired) electrons. The Labute approximate surface area is 120 Å². The Balaban J connectivity index is 2.16. The molecule has 1 saturated heterocycles. The summed E-state index contributed by atoms with van der Waals surface area (Å²) in [6.45, 7) is 3.71. The van der Waals surface area contributed by atoms with Gasteiger partial charge in [-0.05, 0) is 26.3 Å². The Kier molecular flexibility index (Phi) is 4.71. The fourth-order valence-corrected chi connectivity index (χ4v) is 5.58. The highest BCUT2D eigenvalue weighted by Gasteiger charge is 2.45. The quantitative estimate of drug-likeness (QED) is 0.823. The molecule has 2 aliphatic rings. The molecule has 0 aromatic heterocycles. The predicted octanol–water partition coefficient (Wildman–Crippen LogP) is 0.596. The number of carboxylic acids is 1. The van der Waals surface area contributed by atoms with Gasteiger partial charge in [0.05, 0.1) is 11.2 Å². The van der Waals surface area contributed by atoms with Gasteiger partial charge in [0, 0.05) is 25.7 Å². The molecule has 6 nitrogen and oxygen atoms in total. The number of hydrogen-bond acceptors (Lipinski definition) is 4. The van der Waals surface area contributed by atoms with E-state index in [0.29, 0.717) is 38.9 Å². The molecule has 1 saturated carbocycles. The molecule has 1 aliphatic heterocycles. The van der Waals surface area contributed by atoms with Crippen LogP contribution in [0.1, 0.15) is 32.6 Å². The van der Waals surface area contributed by atoms with Gasteiger partial charge in [-0.1, -0.05) is 13.3 Å². The summed E-state index contributed by atoms with van der Waals surface area (Å²) in [5.74, 6) is -1.71. The molecule has 3 unspecified atom stereocenters. The smallest absolute Gasteiger partial charge is 0.307 e. The Morgan fingerprint density at radius 3 is 2.60 bits per heavy atom. The average Bonchev–Trinajstić information content (AvgIpc) is 2.89. The van der Waals surface area contributed by atoms with E-state index in [2.05, 4.69) is 4.90 Å². The third kappa shape index (κ3) is 2.84. The largest absolute Gasteiger partial charge is 0.481 e. The summed E-state index contributed by atoms with van der Waals surface area (Å²) < 4.78 is 27.0. The van der Waals surface area contributed by atoms with Gasteiger partial charge in [0.2, 0.25) is 10.0 Å². The second-order valence-corrected chi connectivity index (χ2v) is 8.01. The monoisotopic (exact) mass is 304 g/mol. The molecule has 3 atom stereocenters. The molecular weight excluding hydrogens is 280 g/mol. The Bertz CT molecular complexity index is 465. The summed E-state index contributed by atoms with van der Waals surface area (Å²) in [5.41, 5.74) is 0. The van der Waals surface area contributed by atoms with Gasteiger partial charge in [-0.15, -0.1) is 0 Å². The number of rotatable bonds is 4. The van der Waals surface area contributed by atoms with Gasteiger partial charge in [-0.2, -0.15) is 4.31 Å². The zero-order chi connectivity index (χ0) is 14.9. The standard InChI is InChI=1S/C13H24N2O4S/c1-3-10-9-15(8-7-14(10)2)20(18,19)12-6-4-5-11(12)13(16)17/h10-12H,3-9H2,1-2H3,(H,16,17). The highest BCUT2D eigenvalue weighted by Crippen LogP contribution is 2.33. The first kappa shape index (κ1) is 15.7. The molecule has 116 valence electrons. The van der Waals surface area contributed by atoms with Gasteiger partial charge in [0.15, 0.2) is 0 Å². The number of likely N-dealkylation sites (N-methyl/N-ethyl adjacent to an activating group) is 1. The topological polar surface area (TPSA) is 77.9 Å². The second-order valence-electron chi connectivity index (χ2n) is 5.86. The minimum atomic E-state index is -3.50. The fraction of sp³-hybridized carbons (Fsp3) is 0.923. The molecule has 0 bridgehead atoms. The van der Waals surface area contributed by atoms with Crippen molar-refractivity contribution in [3.8, 4) is 0 Å². The first-order valence-electron chi connectivity index (χ1n) is 7.30. The van der Waals surface area contributed by atoms with Crippen LogP contribution in [0.4, 0.5) is 0 Å². The molecule has 20 heavy (non-hydrogen) atoms. The third-order valence-corrected chi connectivity index (χ3v) is 7.10. The minimum absolute atomic E-state index is 0.225. The van der Waals surface area contributed by atoms with E-state index in [4.69, 9.17) is 0 Å². The van der Waals surface area contributed by atoms with Crippen LogP contribution in [0.15, 0.2) is 0 Å². The van der Waals surface area contributed by atoms with E-state index in [1.165, 1.54) is 4.31 Å². The predicted molar refractivity (Wildman–Crippen MR) is 76.0 cm³/mol. The number of nitrogens with zero attached hydrogens (tertiary/aromatic N) is 2. The van der Waals surface area contributed by atoms with Crippen molar-refractivity contribution >= 4 is 16.0 Å². The molecule has 0 aromatic carbocycles. The van der Waals surface area contributed by atoms with Crippen LogP contribution in [0.3, 0.4) is 0 Å². The van der Waals surface area contributed by atoms with Gasteiger partial charge in [0.25, 0.3) is 0 Å². The normalized spacial score (nSPS) is 33.4. The van der Waals surface area contributed by atoms with Crippen LogP contribution in [-0.4, -0.2) is 66.7 Å². The molecule has 0 amide bonds. The van der Waals surface area contributed by atoms with Gasteiger partial charge < -0.3 is 10.0 Å². The number of hydrogen-bond donors (Lipinski definition) is 1. The van der Waals surface area contributed by atoms with Gasteiger partial charge in [-0.3, -0.25) is 4.79 Å². The third-order valence-electron chi connectivity index (χ3n) is 4.72. The van der Waals surface area contributed by atoms with Gasteiger partial charge >= 0.3 is 5.97 Å². The molecular formula is C13H24N2O4S. The maximum Gasteiger partial charge on any atom is 0.307 e. The highest BCUT2D eigenvalue weighted by atomic mass is 32.2. The van der Waals surface area contributed by atoms with Crippen molar-refractivity contribution < 1.29 is 18.3 Å². The van der Waals surface area contributed by atoms with Crippen LogP contribution in [0.5, 0.6) is 0 Å². The summed E-state index contributed by atoms with van der Waals surface area (Å²) in [7, 11) is -1.49. The zero-order valence-corrected chi connectivity index (χ0v) is 13.0. The summed E-state index contributed by atoms with van der Waals surface area (Å²) in [6, 6.07) is 0.225. The number of aliphatic carboxylic acids is 1. The van der Waals surface area contributed by atoms with Crippen LogP contribution >= 0.6 is 0 Å². The molecule has 1 heterocycles. The molecule has 0 spiro atoms. The fourth-order valence-electron chi connectivity index (χ4n) is 3.35. The van der Waals surface area contributed by atoms with Crippen molar-refractivity contribution in [2.75, 3.05) is 26.7 Å². The highest BCUT2D eigenvalue weighted by molar-refractivity contribution is 7.89. The van der Waals surface area contributed by atoms with E-state index >= 15 is 0 Å². The Hall–Kier alpha value is -0.660. The number of carboxylic acid groups (broad SMARTS) is 1. The van der Waals surface area contributed by atoms with Crippen LogP contribution in [0.25, 0.3) is 0 Å². The summed E-state index contributed by atoms with van der Waals surface area (Å²) >= 11 is 0. The van der Waals surface area contributed by atoms with Crippen molar-refractivity contribution in [1.29, 1.82) is 0 Å². The van der Waals surface area contributed by atoms with Crippen molar-refractivity contribution in [3.63, 3.8) is 0 Å². The van der Waals surface area contributed by atoms with Crippen LogP contribution in [-0.2, 0) is 14.8 Å². The second kappa shape index (κ2) is 5.99. The lowest BCUT2D eigenvalue weighted by Gasteiger charge is -2.39. The number of sulfonamides is 1. The summed E-state index contributed by atoms with van der Waals surface area (Å²) in [6.07, 6.45) is 2.54. The van der Waals surface area contributed by atoms with E-state index < -0.39 is 27.2 Å². The number of carbonyl (C=O) groups is 1. The molecule has 0 aromatic rings. The van der Waals surface area contributed by atoms with Crippen LogP contribution in [0, 0.1) is 5.92 Å². The molecule has 2 fully saturated rings. The SMILES string of the molecule is CCC1CN(S(=O)(=O)C2CCCC2C(=O)O)CCN1C. The first-order valence-corrected chi connectivity index (χ1v) is 8.80. The number of piperazine rings is 1. The lowest BCUT2D eigenvalue weighted by molar-refractivity contribution is -0.141. The van der Waals surface area contributed by atoms with Crippen molar-refractivity contribution in [3.05, 3.63) is 0 Å². The maximum absolute atomic E-state index is 12.7. The Morgan fingerprint density at radius 1 is 1.30 bits per heavy atom. The minimum Gasteiger partial charge on any atom is -0.481 e. The lowest BCUT2D eigenvalue weighted by atomic mass is 10.1. The molecule has 2 rings (SSSR count). The van der Waals surface area contributed by atoms with Crippen molar-refractivity contribution in [1.82, 2.24) is 9.21 Å². The van der Waals surface area contributed by atoms with E-state index in [9.17, 15) is 18.3 Å². The van der Waals surface area contributed by atoms with E-state index in [-0.39, 0.29) is 6.04 Å². The maximum atomic E-state index is 12.7. The zero-order valence-electron chi connectivity index (χ0n) is 12.2. The van der Waals surface area contributed by atoms with E-state index in [1.54, 1.807) is 0 Å². The van der Waals surface area contributed by atoms with E-state index in [1.807, 2.05) is 14.0 Å². The molecule has 1 N–H and O–H groups in total. The summed E-state index contributed by atoms with van der Waals surface area (Å²) in [5, 5.41) is 8.46. The van der Waals surface area contributed by atoms with E-state index in [0.717, 1.165) is 6.42 Å². The van der Waals surface area contributed by atoms with Gasteiger partial charge in [0.1, 0.15) is 0 Å². The first-order chi connectivity index (χ1) is 9.37. The molecule has 7 heteroatoms. The average molecular weight is 304 g/mol. The van der Waals surface area contributed by atoms with Crippen molar-refractivity contribution in [2.45, 2.75) is 43.9 Å². The summed E-state index contributed by atoms with van der Waals surface area (Å²) in [4.78, 5) is 13.4. The Morgan fingerprint density at radius 2 is 2.00 bits per heavy atom. The van der Waals surface area contributed by atoms with Crippen LogP contribution < -0.4 is 0 Å². The molecule has 1 aliphatic carbocycles. The van der Waals surface area contributed by atoms with Crippen molar-refractivity contribution in [2.24, 2.45) is 5.92 Å². The van der Waals surface area contributed by atoms with Gasteiger partial charge in [-0.25, -0.2) is 8.42 Å². The lowest BCUT2D eigenvalue weighted by Crippen LogP contribution is -2.55.